The number of amides is 1. The van der Waals surface area contributed by atoms with E-state index in [1.54, 1.807) is 30.0 Å². The van der Waals surface area contributed by atoms with Crippen LogP contribution in [0.15, 0.2) is 36.8 Å². The molecule has 4 aromatic heterocycles. The van der Waals surface area contributed by atoms with Crippen molar-refractivity contribution in [2.24, 2.45) is 5.41 Å². The van der Waals surface area contributed by atoms with Gasteiger partial charge in [-0.2, -0.15) is 0 Å². The maximum absolute atomic E-state index is 13.1. The fourth-order valence-corrected chi connectivity index (χ4v) is 5.58. The summed E-state index contributed by atoms with van der Waals surface area (Å²) < 4.78 is 12.5. The number of ether oxygens (including phenoxy) is 2. The number of carbonyl (C=O) groups is 2. The second-order valence-electron chi connectivity index (χ2n) is 10.1. The van der Waals surface area contributed by atoms with E-state index in [-0.39, 0.29) is 11.3 Å². The van der Waals surface area contributed by atoms with Crippen LogP contribution in [0.25, 0.3) is 27.8 Å². The van der Waals surface area contributed by atoms with E-state index in [0.717, 1.165) is 42.4 Å². The smallest absolute Gasteiger partial charge is 0.294 e. The lowest BCUT2D eigenvalue weighted by Crippen LogP contribution is -2.36. The van der Waals surface area contributed by atoms with Crippen LogP contribution >= 0.6 is 0 Å². The molecule has 4 aromatic rings. The number of carbonyl (C=O) groups excluding carboxylic acids is 2. The molecule has 1 amide bonds. The number of nitrogens with zero attached hydrogens (tertiary/aromatic N) is 6. The molecular formula is C26H26N8O4. The average molecular weight is 515 g/mol. The maximum atomic E-state index is 13.1. The first-order valence-corrected chi connectivity index (χ1v) is 12.6. The van der Waals surface area contributed by atoms with Gasteiger partial charge in [0.1, 0.15) is 11.6 Å². The molecule has 5 heterocycles. The van der Waals surface area contributed by atoms with Crippen molar-refractivity contribution < 1.29 is 19.1 Å². The summed E-state index contributed by atoms with van der Waals surface area (Å²) in [5.41, 5.74) is 1.17. The maximum Gasteiger partial charge on any atom is 0.294 e. The van der Waals surface area contributed by atoms with Gasteiger partial charge < -0.3 is 25.0 Å². The number of morpholine rings is 1. The van der Waals surface area contributed by atoms with Gasteiger partial charge in [0, 0.05) is 60.7 Å². The molecule has 0 radical (unpaired) electrons. The van der Waals surface area contributed by atoms with E-state index in [9.17, 15) is 9.59 Å². The summed E-state index contributed by atoms with van der Waals surface area (Å²) in [6.45, 7) is 3.42. The highest BCUT2D eigenvalue weighted by molar-refractivity contribution is 6.05. The predicted molar refractivity (Wildman–Crippen MR) is 139 cm³/mol. The lowest BCUT2D eigenvalue weighted by Gasteiger charge is -2.28. The Morgan fingerprint density at radius 2 is 2.00 bits per heavy atom. The van der Waals surface area contributed by atoms with Gasteiger partial charge >= 0.3 is 0 Å². The van der Waals surface area contributed by atoms with Crippen LogP contribution in [0, 0.1) is 5.41 Å². The molecule has 7 rings (SSSR count). The Kier molecular flexibility index (Phi) is 5.02. The molecule has 0 aromatic carbocycles. The molecule has 2 N–H and O–H groups in total. The standard InChI is InChI=1S/C26H26N8O4/c1-27-22-18-11-28-20(30-24(36)26(38-15-35)14-25(26)4-5-25)10-17(18)19(12-29-22)23-31-21-3-2-16(13-34(21)32-23)33-6-8-37-9-7-33/h2-3,10-13,15H,4-9,14H2,1H3,(H,27,29)(H,28,30,36)/t26-/m1/s1. The van der Waals surface area contributed by atoms with Crippen LogP contribution in [0.3, 0.4) is 0 Å². The summed E-state index contributed by atoms with van der Waals surface area (Å²) in [4.78, 5) is 40.2. The number of pyridine rings is 3. The molecule has 1 aliphatic heterocycles. The first-order valence-electron chi connectivity index (χ1n) is 12.6. The fraction of sp³-hybridized carbons (Fsp3) is 0.385. The minimum atomic E-state index is -1.09. The topological polar surface area (TPSA) is 136 Å². The summed E-state index contributed by atoms with van der Waals surface area (Å²) in [6, 6.07) is 5.77. The summed E-state index contributed by atoms with van der Waals surface area (Å²) in [7, 11) is 1.79. The van der Waals surface area contributed by atoms with Crippen molar-refractivity contribution in [2.45, 2.75) is 24.9 Å². The van der Waals surface area contributed by atoms with Crippen molar-refractivity contribution in [3.63, 3.8) is 0 Å². The van der Waals surface area contributed by atoms with E-state index in [4.69, 9.17) is 19.6 Å². The van der Waals surface area contributed by atoms with Crippen LogP contribution in [-0.4, -0.2) is 75.9 Å². The van der Waals surface area contributed by atoms with Crippen LogP contribution in [-0.2, 0) is 19.1 Å². The normalized spacial score (nSPS) is 21.4. The summed E-state index contributed by atoms with van der Waals surface area (Å²) >= 11 is 0. The van der Waals surface area contributed by atoms with Gasteiger partial charge in [-0.15, -0.1) is 5.10 Å². The number of hydrogen-bond acceptors (Lipinski definition) is 10. The van der Waals surface area contributed by atoms with Gasteiger partial charge in [0.05, 0.1) is 25.1 Å². The van der Waals surface area contributed by atoms with E-state index < -0.39 is 5.60 Å². The van der Waals surface area contributed by atoms with Crippen LogP contribution in [0.2, 0.25) is 0 Å². The molecule has 3 aliphatic rings. The van der Waals surface area contributed by atoms with Crippen molar-refractivity contribution in [1.29, 1.82) is 0 Å². The summed E-state index contributed by atoms with van der Waals surface area (Å²) in [5.74, 6) is 1.16. The minimum absolute atomic E-state index is 0.205. The highest BCUT2D eigenvalue weighted by Gasteiger charge is 2.80. The van der Waals surface area contributed by atoms with Gasteiger partial charge in [-0.3, -0.25) is 9.59 Å². The highest BCUT2D eigenvalue weighted by Crippen LogP contribution is 2.74. The Hall–Kier alpha value is -4.32. The Morgan fingerprint density at radius 3 is 2.74 bits per heavy atom. The zero-order chi connectivity index (χ0) is 25.9. The molecule has 0 bridgehead atoms. The second-order valence-corrected chi connectivity index (χ2v) is 10.1. The van der Waals surface area contributed by atoms with Crippen molar-refractivity contribution in [1.82, 2.24) is 24.6 Å². The third-order valence-corrected chi connectivity index (χ3v) is 7.97. The first-order chi connectivity index (χ1) is 18.6. The fourth-order valence-electron chi connectivity index (χ4n) is 5.58. The van der Waals surface area contributed by atoms with E-state index in [2.05, 4.69) is 25.5 Å². The zero-order valence-corrected chi connectivity index (χ0v) is 20.8. The Balaban J connectivity index is 1.25. The number of anilines is 3. The third kappa shape index (κ3) is 3.47. The largest absolute Gasteiger partial charge is 0.450 e. The quantitative estimate of drug-likeness (QED) is 0.354. The van der Waals surface area contributed by atoms with E-state index in [0.29, 0.717) is 54.8 Å². The van der Waals surface area contributed by atoms with Crippen molar-refractivity contribution in [3.05, 3.63) is 36.8 Å². The molecule has 12 nitrogen and oxygen atoms in total. The predicted octanol–water partition coefficient (Wildman–Crippen LogP) is 2.25. The van der Waals surface area contributed by atoms with Crippen molar-refractivity contribution in [3.8, 4) is 11.4 Å². The van der Waals surface area contributed by atoms with Crippen LogP contribution in [0.1, 0.15) is 19.3 Å². The van der Waals surface area contributed by atoms with E-state index >= 15 is 0 Å². The van der Waals surface area contributed by atoms with Gasteiger partial charge in [-0.05, 0) is 31.0 Å². The molecule has 2 aliphatic carbocycles. The molecule has 3 fully saturated rings. The molecule has 1 saturated heterocycles. The van der Waals surface area contributed by atoms with Crippen LogP contribution in [0.5, 0.6) is 0 Å². The second kappa shape index (κ2) is 8.35. The number of hydrogen-bond donors (Lipinski definition) is 2. The highest BCUT2D eigenvalue weighted by atomic mass is 16.6. The number of nitrogens with one attached hydrogen (secondary N) is 2. The van der Waals surface area contributed by atoms with E-state index in [1.807, 2.05) is 18.3 Å². The SMILES string of the molecule is CNc1ncc(-c2nc3ccc(N4CCOCC4)cn3n2)c2cc(NC(=O)[C@]3(OC=O)CC34CC4)ncc12. The molecule has 38 heavy (non-hydrogen) atoms. The van der Waals surface area contributed by atoms with Crippen LogP contribution in [0.4, 0.5) is 17.3 Å². The molecule has 0 unspecified atom stereocenters. The molecule has 1 atom stereocenters. The molecule has 194 valence electrons. The minimum Gasteiger partial charge on any atom is -0.450 e. The lowest BCUT2D eigenvalue weighted by atomic mass is 10.1. The molecular weight excluding hydrogens is 488 g/mol. The number of aromatic nitrogens is 5. The van der Waals surface area contributed by atoms with Gasteiger partial charge in [0.2, 0.25) is 0 Å². The summed E-state index contributed by atoms with van der Waals surface area (Å²) in [6.07, 6.45) is 7.66. The zero-order valence-electron chi connectivity index (χ0n) is 20.8. The van der Waals surface area contributed by atoms with Crippen LogP contribution < -0.4 is 15.5 Å². The number of fused-ring (bicyclic) bond motifs is 2. The lowest BCUT2D eigenvalue weighted by molar-refractivity contribution is -0.146. The molecule has 2 saturated carbocycles. The number of rotatable bonds is 7. The van der Waals surface area contributed by atoms with Gasteiger partial charge in [-0.25, -0.2) is 19.5 Å². The van der Waals surface area contributed by atoms with Gasteiger partial charge in [0.25, 0.3) is 12.4 Å². The van der Waals surface area contributed by atoms with Crippen molar-refractivity contribution >= 4 is 46.1 Å². The van der Waals surface area contributed by atoms with Gasteiger partial charge in [-0.1, -0.05) is 0 Å². The van der Waals surface area contributed by atoms with Gasteiger partial charge in [0.15, 0.2) is 17.1 Å². The Labute approximate surface area is 217 Å². The summed E-state index contributed by atoms with van der Waals surface area (Å²) in [5, 5.41) is 12.3. The van der Waals surface area contributed by atoms with E-state index in [1.165, 1.54) is 0 Å². The Bertz CT molecular complexity index is 1590. The van der Waals surface area contributed by atoms with Crippen molar-refractivity contribution in [2.75, 3.05) is 48.9 Å². The Morgan fingerprint density at radius 1 is 1.16 bits per heavy atom. The first kappa shape index (κ1) is 22.8. The average Bonchev–Trinajstić information content (AvgIpc) is 3.81. The molecule has 1 spiro atoms. The monoisotopic (exact) mass is 514 g/mol. The third-order valence-electron chi connectivity index (χ3n) is 7.97. The molecule has 12 heteroatoms.